The molecule has 4 aromatic rings. The van der Waals surface area contributed by atoms with Gasteiger partial charge in [0, 0.05) is 11.3 Å². The monoisotopic (exact) mass is 482 g/mol. The van der Waals surface area contributed by atoms with E-state index < -0.39 is 30.5 Å². The van der Waals surface area contributed by atoms with Crippen molar-refractivity contribution in [2.75, 3.05) is 5.32 Å². The minimum atomic E-state index is -3.08. The quantitative estimate of drug-likeness (QED) is 0.343. The molecule has 0 aliphatic carbocycles. The van der Waals surface area contributed by atoms with E-state index in [1.807, 2.05) is 0 Å². The number of anilines is 1. The molecule has 0 bridgehead atoms. The van der Waals surface area contributed by atoms with Gasteiger partial charge in [0.2, 0.25) is 0 Å². The van der Waals surface area contributed by atoms with Crippen molar-refractivity contribution in [3.05, 3.63) is 76.8 Å². The van der Waals surface area contributed by atoms with E-state index in [9.17, 15) is 26.7 Å². The fourth-order valence-electron chi connectivity index (χ4n) is 3.04. The maximum Gasteiger partial charge on any atom is 0.387 e. The fraction of sp³-hybridized carbons (Fsp3) is 0.0952. The number of carbonyl (C=O) groups is 1. The van der Waals surface area contributed by atoms with Gasteiger partial charge in [-0.3, -0.25) is 4.79 Å². The smallest absolute Gasteiger partial charge is 0.387 e. The summed E-state index contributed by atoms with van der Waals surface area (Å²) in [5, 5.41) is 6.14. The summed E-state index contributed by atoms with van der Waals surface area (Å²) in [6.07, 6.45) is -1.87. The van der Waals surface area contributed by atoms with E-state index in [1.165, 1.54) is 24.3 Å². The number of aromatic nitrogens is 3. The molecule has 2 heterocycles. The highest BCUT2D eigenvalue weighted by atomic mass is 35.5. The Hall–Kier alpha value is -3.73. The molecule has 0 saturated heterocycles. The van der Waals surface area contributed by atoms with Crippen molar-refractivity contribution in [2.24, 2.45) is 0 Å². The Morgan fingerprint density at radius 3 is 2.42 bits per heavy atom. The molecular formula is C21H12ClF5N4O2. The standard InChI is InChI=1S/C21H12ClF5N4O2/c22-14-7-12(5-6-17(14)33-21(26)27)29-20(32)13-9-28-31-16(18(24)25)8-15(30-19(13)31)10-1-3-11(23)4-2-10/h1-9,18,21H,(H,29,32). The number of hydrogen-bond acceptors (Lipinski definition) is 4. The number of nitrogens with one attached hydrogen (secondary N) is 1. The Kier molecular flexibility index (Phi) is 6.14. The Balaban J connectivity index is 1.71. The van der Waals surface area contributed by atoms with Gasteiger partial charge in [-0.25, -0.2) is 22.7 Å². The normalized spacial score (nSPS) is 11.4. The first-order chi connectivity index (χ1) is 15.7. The molecule has 0 saturated carbocycles. The highest BCUT2D eigenvalue weighted by molar-refractivity contribution is 6.32. The molecule has 12 heteroatoms. The van der Waals surface area contributed by atoms with Crippen LogP contribution in [0.1, 0.15) is 22.5 Å². The summed E-state index contributed by atoms with van der Waals surface area (Å²) in [5.74, 6) is -1.55. The van der Waals surface area contributed by atoms with Crippen molar-refractivity contribution in [1.82, 2.24) is 14.6 Å². The van der Waals surface area contributed by atoms with Gasteiger partial charge in [0.15, 0.2) is 5.65 Å². The summed E-state index contributed by atoms with van der Waals surface area (Å²) in [4.78, 5) is 17.1. The molecule has 0 atom stereocenters. The van der Waals surface area contributed by atoms with Gasteiger partial charge in [-0.1, -0.05) is 11.6 Å². The number of ether oxygens (including phenoxy) is 1. The van der Waals surface area contributed by atoms with Crippen LogP contribution >= 0.6 is 11.6 Å². The van der Waals surface area contributed by atoms with Crippen molar-refractivity contribution in [3.8, 4) is 17.0 Å². The number of alkyl halides is 4. The molecule has 0 radical (unpaired) electrons. The average molecular weight is 483 g/mol. The predicted octanol–water partition coefficient (Wildman–Crippen LogP) is 5.98. The third kappa shape index (κ3) is 4.72. The molecule has 0 aliphatic rings. The third-order valence-corrected chi connectivity index (χ3v) is 4.81. The van der Waals surface area contributed by atoms with Gasteiger partial charge < -0.3 is 10.1 Å². The highest BCUT2D eigenvalue weighted by Gasteiger charge is 2.22. The van der Waals surface area contributed by atoms with Gasteiger partial charge in [0.1, 0.15) is 22.8 Å². The second-order valence-corrected chi connectivity index (χ2v) is 7.05. The van der Waals surface area contributed by atoms with Crippen molar-refractivity contribution < 1.29 is 31.5 Å². The van der Waals surface area contributed by atoms with Crippen LogP contribution in [-0.4, -0.2) is 27.1 Å². The van der Waals surface area contributed by atoms with Gasteiger partial charge in [-0.15, -0.1) is 0 Å². The van der Waals surface area contributed by atoms with Crippen molar-refractivity contribution in [2.45, 2.75) is 13.0 Å². The van der Waals surface area contributed by atoms with Crippen LogP contribution < -0.4 is 10.1 Å². The number of fused-ring (bicyclic) bond motifs is 1. The van der Waals surface area contributed by atoms with E-state index in [0.29, 0.717) is 5.56 Å². The second kappa shape index (κ2) is 9.02. The van der Waals surface area contributed by atoms with E-state index in [1.54, 1.807) is 0 Å². The molecule has 0 unspecified atom stereocenters. The minimum Gasteiger partial charge on any atom is -0.433 e. The lowest BCUT2D eigenvalue weighted by molar-refractivity contribution is -0.0497. The number of benzene rings is 2. The van der Waals surface area contributed by atoms with Crippen LogP contribution in [0.2, 0.25) is 5.02 Å². The van der Waals surface area contributed by atoms with Gasteiger partial charge in [0.05, 0.1) is 16.9 Å². The largest absolute Gasteiger partial charge is 0.433 e. The van der Waals surface area contributed by atoms with E-state index in [0.717, 1.165) is 35.0 Å². The van der Waals surface area contributed by atoms with Gasteiger partial charge in [0.25, 0.3) is 12.3 Å². The van der Waals surface area contributed by atoms with Gasteiger partial charge >= 0.3 is 6.61 Å². The molecular weight excluding hydrogens is 471 g/mol. The molecule has 0 spiro atoms. The van der Waals surface area contributed by atoms with Crippen LogP contribution in [0, 0.1) is 5.82 Å². The first kappa shape index (κ1) is 22.5. The lowest BCUT2D eigenvalue weighted by Crippen LogP contribution is -2.13. The van der Waals surface area contributed by atoms with Gasteiger partial charge in [-0.2, -0.15) is 13.9 Å². The molecule has 1 N–H and O–H groups in total. The topological polar surface area (TPSA) is 68.5 Å². The predicted molar refractivity (Wildman–Crippen MR) is 109 cm³/mol. The highest BCUT2D eigenvalue weighted by Crippen LogP contribution is 2.30. The van der Waals surface area contributed by atoms with E-state index >= 15 is 0 Å². The summed E-state index contributed by atoms with van der Waals surface area (Å²) in [5.41, 5.74) is -0.235. The molecule has 2 aromatic carbocycles. The van der Waals surface area contributed by atoms with E-state index in [4.69, 9.17) is 11.6 Å². The lowest BCUT2D eigenvalue weighted by atomic mass is 10.1. The Labute approximate surface area is 187 Å². The van der Waals surface area contributed by atoms with Crippen molar-refractivity contribution in [3.63, 3.8) is 0 Å². The number of hydrogen-bond donors (Lipinski definition) is 1. The first-order valence-electron chi connectivity index (χ1n) is 9.21. The van der Waals surface area contributed by atoms with Crippen molar-refractivity contribution >= 4 is 28.8 Å². The van der Waals surface area contributed by atoms with E-state index in [-0.39, 0.29) is 33.4 Å². The second-order valence-electron chi connectivity index (χ2n) is 6.65. The Morgan fingerprint density at radius 2 is 1.79 bits per heavy atom. The van der Waals surface area contributed by atoms with Crippen LogP contribution in [0.15, 0.2) is 54.7 Å². The van der Waals surface area contributed by atoms with E-state index in [2.05, 4.69) is 20.1 Å². The Bertz CT molecular complexity index is 1330. The summed E-state index contributed by atoms with van der Waals surface area (Å²) in [7, 11) is 0. The van der Waals surface area contributed by atoms with Crippen LogP contribution in [0.5, 0.6) is 5.75 Å². The maximum atomic E-state index is 13.7. The average Bonchev–Trinajstić information content (AvgIpc) is 3.19. The maximum absolute atomic E-state index is 13.7. The number of halogens is 6. The molecule has 0 fully saturated rings. The third-order valence-electron chi connectivity index (χ3n) is 4.51. The molecule has 33 heavy (non-hydrogen) atoms. The van der Waals surface area contributed by atoms with Crippen LogP contribution in [0.4, 0.5) is 27.6 Å². The molecule has 4 rings (SSSR count). The number of rotatable bonds is 6. The van der Waals surface area contributed by atoms with Gasteiger partial charge in [-0.05, 0) is 48.5 Å². The zero-order chi connectivity index (χ0) is 23.7. The Morgan fingerprint density at radius 1 is 1.06 bits per heavy atom. The minimum absolute atomic E-state index is 0.0869. The molecule has 170 valence electrons. The number of nitrogens with zero attached hydrogens (tertiary/aromatic N) is 3. The fourth-order valence-corrected chi connectivity index (χ4v) is 3.26. The molecule has 6 nitrogen and oxygen atoms in total. The number of carbonyl (C=O) groups excluding carboxylic acids is 1. The lowest BCUT2D eigenvalue weighted by Gasteiger charge is -2.10. The number of amides is 1. The summed E-state index contributed by atoms with van der Waals surface area (Å²) in [6.45, 7) is -3.08. The molecule has 1 amide bonds. The van der Waals surface area contributed by atoms with Crippen LogP contribution in [-0.2, 0) is 0 Å². The van der Waals surface area contributed by atoms with Crippen LogP contribution in [0.25, 0.3) is 16.9 Å². The first-order valence-corrected chi connectivity index (χ1v) is 9.59. The SMILES string of the molecule is O=C(Nc1ccc(OC(F)F)c(Cl)c1)c1cnn2c(C(F)F)cc(-c3ccc(F)cc3)nc12. The molecule has 0 aliphatic heterocycles. The zero-order valence-corrected chi connectivity index (χ0v) is 17.0. The van der Waals surface area contributed by atoms with Crippen LogP contribution in [0.3, 0.4) is 0 Å². The summed E-state index contributed by atoms with van der Waals surface area (Å²) >= 11 is 5.88. The van der Waals surface area contributed by atoms with Crippen molar-refractivity contribution in [1.29, 1.82) is 0 Å². The summed E-state index contributed by atoms with van der Waals surface area (Å²) in [6, 6.07) is 9.73. The summed E-state index contributed by atoms with van der Waals surface area (Å²) < 4.78 is 70.4. The molecule has 2 aromatic heterocycles. The zero-order valence-electron chi connectivity index (χ0n) is 16.3.